The summed E-state index contributed by atoms with van der Waals surface area (Å²) < 4.78 is 0. The molecule has 3 heteroatoms. The number of aliphatic hydroxyl groups is 1. The van der Waals surface area contributed by atoms with Gasteiger partial charge in [0.1, 0.15) is 0 Å². The number of carboxylic acids is 1. The van der Waals surface area contributed by atoms with E-state index in [1.165, 1.54) is 0 Å². The van der Waals surface area contributed by atoms with Crippen molar-refractivity contribution in [2.75, 3.05) is 6.61 Å². The molecule has 0 saturated carbocycles. The largest absolute Gasteiger partial charge is 0.478 e. The van der Waals surface area contributed by atoms with Gasteiger partial charge < -0.3 is 10.2 Å². The molecule has 76 valence electrons. The number of aliphatic carboxylic acids is 1. The van der Waals surface area contributed by atoms with E-state index in [-0.39, 0.29) is 18.1 Å². The van der Waals surface area contributed by atoms with Crippen LogP contribution in [0.1, 0.15) is 32.6 Å². The molecular formula is C10H18O3. The van der Waals surface area contributed by atoms with Crippen LogP contribution in [0, 0.1) is 5.92 Å². The first-order valence-corrected chi connectivity index (χ1v) is 4.63. The smallest absolute Gasteiger partial charge is 0.330 e. The van der Waals surface area contributed by atoms with Gasteiger partial charge in [-0.3, -0.25) is 0 Å². The number of carboxylic acid groups (broad SMARTS) is 1. The highest BCUT2D eigenvalue weighted by molar-refractivity contribution is 5.85. The van der Waals surface area contributed by atoms with Crippen molar-refractivity contribution < 1.29 is 15.0 Å². The third kappa shape index (κ3) is 5.42. The third-order valence-electron chi connectivity index (χ3n) is 2.11. The van der Waals surface area contributed by atoms with Crippen molar-refractivity contribution in [3.63, 3.8) is 0 Å². The molecule has 0 aromatic carbocycles. The maximum atomic E-state index is 10.4. The Bertz CT molecular complexity index is 175. The molecule has 0 amide bonds. The summed E-state index contributed by atoms with van der Waals surface area (Å²) in [6.45, 7) is 5.63. The predicted molar refractivity (Wildman–Crippen MR) is 51.5 cm³/mol. The summed E-state index contributed by atoms with van der Waals surface area (Å²) in [6, 6.07) is 0. The van der Waals surface area contributed by atoms with E-state index in [0.29, 0.717) is 6.42 Å². The van der Waals surface area contributed by atoms with Crippen LogP contribution in [-0.4, -0.2) is 22.8 Å². The lowest BCUT2D eigenvalue weighted by molar-refractivity contribution is -0.132. The molecule has 0 bridgehead atoms. The van der Waals surface area contributed by atoms with E-state index in [2.05, 4.69) is 13.5 Å². The summed E-state index contributed by atoms with van der Waals surface area (Å²) in [6.07, 6.45) is 3.16. The monoisotopic (exact) mass is 186 g/mol. The summed E-state index contributed by atoms with van der Waals surface area (Å²) in [4.78, 5) is 10.4. The molecule has 3 nitrogen and oxygen atoms in total. The van der Waals surface area contributed by atoms with E-state index in [0.717, 1.165) is 19.3 Å². The van der Waals surface area contributed by atoms with Gasteiger partial charge in [-0.05, 0) is 25.2 Å². The third-order valence-corrected chi connectivity index (χ3v) is 2.11. The fraction of sp³-hybridized carbons (Fsp3) is 0.700. The molecule has 1 unspecified atom stereocenters. The Balaban J connectivity index is 3.71. The molecule has 0 radical (unpaired) electrons. The summed E-state index contributed by atoms with van der Waals surface area (Å²) >= 11 is 0. The molecule has 0 heterocycles. The average molecular weight is 186 g/mol. The van der Waals surface area contributed by atoms with Crippen molar-refractivity contribution in [3.8, 4) is 0 Å². The van der Waals surface area contributed by atoms with Crippen LogP contribution in [0.5, 0.6) is 0 Å². The molecule has 0 aromatic rings. The van der Waals surface area contributed by atoms with Gasteiger partial charge in [-0.1, -0.05) is 19.9 Å². The van der Waals surface area contributed by atoms with Crippen LogP contribution in [0.3, 0.4) is 0 Å². The zero-order valence-electron chi connectivity index (χ0n) is 8.12. The highest BCUT2D eigenvalue weighted by Crippen LogP contribution is 2.15. The SMILES string of the molecule is C=C(CCC(CO)CCC)C(=O)O. The second kappa shape index (κ2) is 6.66. The van der Waals surface area contributed by atoms with Crippen LogP contribution in [0.25, 0.3) is 0 Å². The van der Waals surface area contributed by atoms with Gasteiger partial charge in [0.15, 0.2) is 0 Å². The Morgan fingerprint density at radius 1 is 1.46 bits per heavy atom. The van der Waals surface area contributed by atoms with Crippen molar-refractivity contribution in [1.29, 1.82) is 0 Å². The fourth-order valence-corrected chi connectivity index (χ4v) is 1.22. The number of aliphatic hydroxyl groups excluding tert-OH is 1. The van der Waals surface area contributed by atoms with Crippen LogP contribution >= 0.6 is 0 Å². The minimum absolute atomic E-state index is 0.140. The number of carbonyl (C=O) groups is 1. The van der Waals surface area contributed by atoms with E-state index in [4.69, 9.17) is 10.2 Å². The van der Waals surface area contributed by atoms with Gasteiger partial charge >= 0.3 is 5.97 Å². The van der Waals surface area contributed by atoms with Crippen molar-refractivity contribution in [3.05, 3.63) is 12.2 Å². The Labute approximate surface area is 79.1 Å². The number of hydrogen-bond donors (Lipinski definition) is 2. The predicted octanol–water partition coefficient (Wildman–Crippen LogP) is 1.82. The minimum atomic E-state index is -0.937. The van der Waals surface area contributed by atoms with Crippen LogP contribution < -0.4 is 0 Å². The van der Waals surface area contributed by atoms with Crippen LogP contribution in [0.15, 0.2) is 12.2 Å². The van der Waals surface area contributed by atoms with E-state index >= 15 is 0 Å². The van der Waals surface area contributed by atoms with E-state index in [1.54, 1.807) is 0 Å². The Kier molecular flexibility index (Phi) is 6.24. The van der Waals surface area contributed by atoms with Gasteiger partial charge in [-0.15, -0.1) is 0 Å². The zero-order chi connectivity index (χ0) is 10.3. The van der Waals surface area contributed by atoms with Gasteiger partial charge in [-0.2, -0.15) is 0 Å². The van der Waals surface area contributed by atoms with Crippen molar-refractivity contribution in [2.45, 2.75) is 32.6 Å². The first kappa shape index (κ1) is 12.2. The van der Waals surface area contributed by atoms with Gasteiger partial charge in [0.05, 0.1) is 0 Å². The highest BCUT2D eigenvalue weighted by Gasteiger charge is 2.09. The summed E-state index contributed by atoms with van der Waals surface area (Å²) in [7, 11) is 0. The molecule has 0 aliphatic carbocycles. The van der Waals surface area contributed by atoms with Gasteiger partial charge in [0.25, 0.3) is 0 Å². The standard InChI is InChI=1S/C10H18O3/c1-3-4-9(7-11)6-5-8(2)10(12)13/h9,11H,2-7H2,1H3,(H,12,13). The Hall–Kier alpha value is -0.830. The maximum absolute atomic E-state index is 10.4. The molecule has 0 aromatic heterocycles. The summed E-state index contributed by atoms with van der Waals surface area (Å²) in [5, 5.41) is 17.5. The molecular weight excluding hydrogens is 168 g/mol. The first-order valence-electron chi connectivity index (χ1n) is 4.63. The molecule has 0 rings (SSSR count). The molecule has 0 aliphatic rings. The van der Waals surface area contributed by atoms with Crippen LogP contribution in [-0.2, 0) is 4.79 Å². The minimum Gasteiger partial charge on any atom is -0.478 e. The van der Waals surface area contributed by atoms with Gasteiger partial charge in [0, 0.05) is 12.2 Å². The molecule has 2 N–H and O–H groups in total. The van der Waals surface area contributed by atoms with Crippen molar-refractivity contribution in [1.82, 2.24) is 0 Å². The van der Waals surface area contributed by atoms with E-state index in [1.807, 2.05) is 0 Å². The van der Waals surface area contributed by atoms with Crippen LogP contribution in [0.2, 0.25) is 0 Å². The van der Waals surface area contributed by atoms with Crippen molar-refractivity contribution >= 4 is 5.97 Å². The molecule has 0 aliphatic heterocycles. The first-order chi connectivity index (χ1) is 6.11. The van der Waals surface area contributed by atoms with E-state index in [9.17, 15) is 4.79 Å². The number of hydrogen-bond acceptors (Lipinski definition) is 2. The summed E-state index contributed by atoms with van der Waals surface area (Å²) in [5.41, 5.74) is 0.231. The second-order valence-corrected chi connectivity index (χ2v) is 3.28. The second-order valence-electron chi connectivity index (χ2n) is 3.28. The summed E-state index contributed by atoms with van der Waals surface area (Å²) in [5.74, 6) is -0.714. The highest BCUT2D eigenvalue weighted by atomic mass is 16.4. The van der Waals surface area contributed by atoms with Crippen molar-refractivity contribution in [2.24, 2.45) is 5.92 Å². The molecule has 0 spiro atoms. The quantitative estimate of drug-likeness (QED) is 0.596. The topological polar surface area (TPSA) is 57.5 Å². The molecule has 13 heavy (non-hydrogen) atoms. The Morgan fingerprint density at radius 2 is 2.08 bits per heavy atom. The van der Waals surface area contributed by atoms with Crippen LogP contribution in [0.4, 0.5) is 0 Å². The van der Waals surface area contributed by atoms with Gasteiger partial charge in [-0.25, -0.2) is 4.79 Å². The maximum Gasteiger partial charge on any atom is 0.330 e. The lowest BCUT2D eigenvalue weighted by atomic mass is 9.97. The molecule has 0 fully saturated rings. The molecule has 1 atom stereocenters. The van der Waals surface area contributed by atoms with E-state index < -0.39 is 5.97 Å². The van der Waals surface area contributed by atoms with Gasteiger partial charge in [0.2, 0.25) is 0 Å². The lowest BCUT2D eigenvalue weighted by Crippen LogP contribution is -2.08. The Morgan fingerprint density at radius 3 is 2.46 bits per heavy atom. The fourth-order valence-electron chi connectivity index (χ4n) is 1.22. The zero-order valence-corrected chi connectivity index (χ0v) is 8.12. The molecule has 0 saturated heterocycles. The number of rotatable bonds is 7. The lowest BCUT2D eigenvalue weighted by Gasteiger charge is -2.11. The normalized spacial score (nSPS) is 12.5. The average Bonchev–Trinajstić information content (AvgIpc) is 2.11.